The normalized spacial score (nSPS) is 25.1. The average molecular weight is 329 g/mol. The SMILES string of the molecule is CNc1nc(C(=O)N2CC(F)(F)C(O)C23CCCC3)ccc1F. The fourth-order valence-electron chi connectivity index (χ4n) is 3.67. The molecule has 1 aliphatic heterocycles. The predicted molar refractivity (Wildman–Crippen MR) is 76.9 cm³/mol. The monoisotopic (exact) mass is 329 g/mol. The van der Waals surface area contributed by atoms with Gasteiger partial charge in [-0.2, -0.15) is 0 Å². The summed E-state index contributed by atoms with van der Waals surface area (Å²) in [6, 6.07) is 2.24. The molecule has 0 radical (unpaired) electrons. The molecule has 3 rings (SSSR count). The number of hydrogen-bond acceptors (Lipinski definition) is 4. The molecule has 126 valence electrons. The molecule has 1 spiro atoms. The average Bonchev–Trinajstić information content (AvgIpc) is 3.08. The van der Waals surface area contributed by atoms with E-state index in [0.29, 0.717) is 25.7 Å². The maximum Gasteiger partial charge on any atom is 0.292 e. The Morgan fingerprint density at radius 1 is 1.39 bits per heavy atom. The molecular weight excluding hydrogens is 311 g/mol. The van der Waals surface area contributed by atoms with Gasteiger partial charge in [-0.25, -0.2) is 18.2 Å². The summed E-state index contributed by atoms with van der Waals surface area (Å²) in [5.41, 5.74) is -1.37. The van der Waals surface area contributed by atoms with Gasteiger partial charge in [0, 0.05) is 7.05 Å². The van der Waals surface area contributed by atoms with Crippen LogP contribution < -0.4 is 5.32 Å². The Labute approximate surface area is 131 Å². The smallest absolute Gasteiger partial charge is 0.292 e. The highest BCUT2D eigenvalue weighted by Gasteiger charge is 2.64. The molecule has 1 saturated carbocycles. The van der Waals surface area contributed by atoms with E-state index in [1.165, 1.54) is 13.1 Å². The van der Waals surface area contributed by atoms with E-state index in [9.17, 15) is 23.1 Å². The summed E-state index contributed by atoms with van der Waals surface area (Å²) in [5, 5.41) is 12.6. The van der Waals surface area contributed by atoms with Crippen LogP contribution in [0.25, 0.3) is 0 Å². The Kier molecular flexibility index (Phi) is 3.74. The molecule has 2 heterocycles. The number of aliphatic hydroxyl groups is 1. The molecule has 8 heteroatoms. The van der Waals surface area contributed by atoms with Crippen molar-refractivity contribution in [3.63, 3.8) is 0 Å². The first-order valence-corrected chi connectivity index (χ1v) is 7.54. The Bertz CT molecular complexity index is 632. The lowest BCUT2D eigenvalue weighted by molar-refractivity contribution is -0.0959. The highest BCUT2D eigenvalue weighted by Crippen LogP contribution is 2.49. The van der Waals surface area contributed by atoms with Crippen molar-refractivity contribution in [2.75, 3.05) is 18.9 Å². The van der Waals surface area contributed by atoms with Gasteiger partial charge in [-0.15, -0.1) is 0 Å². The molecule has 1 saturated heterocycles. The lowest BCUT2D eigenvalue weighted by atomic mass is 9.90. The van der Waals surface area contributed by atoms with Gasteiger partial charge in [0.15, 0.2) is 11.6 Å². The maximum atomic E-state index is 14.0. The predicted octanol–water partition coefficient (Wildman–Crippen LogP) is 2.03. The van der Waals surface area contributed by atoms with E-state index in [-0.39, 0.29) is 11.5 Å². The summed E-state index contributed by atoms with van der Waals surface area (Å²) in [5.74, 6) is -4.82. The Hall–Kier alpha value is -1.83. The molecule has 23 heavy (non-hydrogen) atoms. The topological polar surface area (TPSA) is 65.5 Å². The number of nitrogens with zero attached hydrogens (tertiary/aromatic N) is 2. The van der Waals surface area contributed by atoms with Gasteiger partial charge in [0.25, 0.3) is 11.8 Å². The number of alkyl halides is 2. The summed E-state index contributed by atoms with van der Waals surface area (Å²) in [6.07, 6.45) is 0.126. The van der Waals surface area contributed by atoms with E-state index in [4.69, 9.17) is 0 Å². The van der Waals surface area contributed by atoms with Gasteiger partial charge < -0.3 is 15.3 Å². The lowest BCUT2D eigenvalue weighted by Crippen LogP contribution is -2.52. The molecule has 2 fully saturated rings. The fraction of sp³-hybridized carbons (Fsp3) is 0.600. The van der Waals surface area contributed by atoms with E-state index in [0.717, 1.165) is 11.0 Å². The standard InChI is InChI=1S/C15H18F3N3O2/c1-19-11-9(16)4-5-10(20-11)12(22)21-8-15(17,18)13(23)14(21)6-2-3-7-14/h4-5,13,23H,2-3,6-8H2,1H3,(H,19,20). The molecular formula is C15H18F3N3O2. The largest absolute Gasteiger partial charge is 0.384 e. The van der Waals surface area contributed by atoms with Crippen molar-refractivity contribution in [3.05, 3.63) is 23.6 Å². The summed E-state index contributed by atoms with van der Waals surface area (Å²) >= 11 is 0. The third kappa shape index (κ3) is 2.36. The molecule has 2 aliphatic rings. The first-order chi connectivity index (χ1) is 10.8. The van der Waals surface area contributed by atoms with Gasteiger partial charge in [-0.05, 0) is 25.0 Å². The van der Waals surface area contributed by atoms with Gasteiger partial charge >= 0.3 is 0 Å². The minimum absolute atomic E-state index is 0.119. The van der Waals surface area contributed by atoms with E-state index >= 15 is 0 Å². The lowest BCUT2D eigenvalue weighted by Gasteiger charge is -2.36. The second-order valence-electron chi connectivity index (χ2n) is 6.14. The van der Waals surface area contributed by atoms with Crippen LogP contribution in [0.1, 0.15) is 36.2 Å². The summed E-state index contributed by atoms with van der Waals surface area (Å²) in [7, 11) is 1.45. The molecule has 2 N–H and O–H groups in total. The first-order valence-electron chi connectivity index (χ1n) is 7.54. The number of amides is 1. The van der Waals surface area contributed by atoms with Crippen LogP contribution in [0.3, 0.4) is 0 Å². The quantitative estimate of drug-likeness (QED) is 0.871. The van der Waals surface area contributed by atoms with Crippen LogP contribution in [0.2, 0.25) is 0 Å². The van der Waals surface area contributed by atoms with Crippen LogP contribution in [0, 0.1) is 5.82 Å². The number of aliphatic hydroxyl groups excluding tert-OH is 1. The maximum absolute atomic E-state index is 14.0. The number of carbonyl (C=O) groups excluding carboxylic acids is 1. The van der Waals surface area contributed by atoms with E-state index < -0.39 is 35.8 Å². The number of rotatable bonds is 2. The number of halogens is 3. The van der Waals surface area contributed by atoms with Crippen LogP contribution in [-0.4, -0.2) is 52.1 Å². The van der Waals surface area contributed by atoms with Crippen LogP contribution >= 0.6 is 0 Å². The zero-order chi connectivity index (χ0) is 16.8. The molecule has 0 aromatic carbocycles. The van der Waals surface area contributed by atoms with Crippen molar-refractivity contribution in [1.82, 2.24) is 9.88 Å². The molecule has 1 aliphatic carbocycles. The van der Waals surface area contributed by atoms with Crippen molar-refractivity contribution in [2.24, 2.45) is 0 Å². The Balaban J connectivity index is 1.98. The molecule has 0 bridgehead atoms. The van der Waals surface area contributed by atoms with E-state index in [2.05, 4.69) is 10.3 Å². The van der Waals surface area contributed by atoms with Gasteiger partial charge in [0.1, 0.15) is 11.8 Å². The summed E-state index contributed by atoms with van der Waals surface area (Å²) < 4.78 is 41.5. The van der Waals surface area contributed by atoms with Crippen LogP contribution in [-0.2, 0) is 0 Å². The van der Waals surface area contributed by atoms with Crippen molar-refractivity contribution < 1.29 is 23.1 Å². The third-order valence-electron chi connectivity index (χ3n) is 4.83. The van der Waals surface area contributed by atoms with Crippen molar-refractivity contribution in [1.29, 1.82) is 0 Å². The van der Waals surface area contributed by atoms with E-state index in [1.807, 2.05) is 0 Å². The van der Waals surface area contributed by atoms with Gasteiger partial charge in [0.05, 0.1) is 12.1 Å². The summed E-state index contributed by atoms with van der Waals surface area (Å²) in [6.45, 7) is -0.846. The summed E-state index contributed by atoms with van der Waals surface area (Å²) in [4.78, 5) is 17.6. The van der Waals surface area contributed by atoms with Gasteiger partial charge in [0.2, 0.25) is 0 Å². The third-order valence-corrected chi connectivity index (χ3v) is 4.83. The van der Waals surface area contributed by atoms with Gasteiger partial charge in [-0.3, -0.25) is 4.79 Å². The van der Waals surface area contributed by atoms with Gasteiger partial charge in [-0.1, -0.05) is 12.8 Å². The van der Waals surface area contributed by atoms with Crippen molar-refractivity contribution in [3.8, 4) is 0 Å². The molecule has 1 atom stereocenters. The number of likely N-dealkylation sites (tertiary alicyclic amines) is 1. The zero-order valence-corrected chi connectivity index (χ0v) is 12.7. The number of pyridine rings is 1. The fourth-order valence-corrected chi connectivity index (χ4v) is 3.67. The minimum atomic E-state index is -3.36. The molecule has 1 unspecified atom stereocenters. The molecule has 1 aromatic heterocycles. The molecule has 5 nitrogen and oxygen atoms in total. The second kappa shape index (κ2) is 5.36. The van der Waals surface area contributed by atoms with Crippen LogP contribution in [0.5, 0.6) is 0 Å². The number of nitrogens with one attached hydrogen (secondary N) is 1. The van der Waals surface area contributed by atoms with E-state index in [1.54, 1.807) is 0 Å². The van der Waals surface area contributed by atoms with Crippen LogP contribution in [0.15, 0.2) is 12.1 Å². The zero-order valence-electron chi connectivity index (χ0n) is 12.7. The van der Waals surface area contributed by atoms with Crippen LogP contribution in [0.4, 0.5) is 19.0 Å². The number of aromatic nitrogens is 1. The molecule has 1 aromatic rings. The molecule has 1 amide bonds. The highest BCUT2D eigenvalue weighted by atomic mass is 19.3. The highest BCUT2D eigenvalue weighted by molar-refractivity contribution is 5.93. The first kappa shape index (κ1) is 16.0. The Morgan fingerprint density at radius 2 is 2.04 bits per heavy atom. The van der Waals surface area contributed by atoms with Crippen molar-refractivity contribution in [2.45, 2.75) is 43.2 Å². The number of anilines is 1. The van der Waals surface area contributed by atoms with Crippen molar-refractivity contribution >= 4 is 11.7 Å². The minimum Gasteiger partial charge on any atom is -0.384 e. The number of carbonyl (C=O) groups is 1. The Morgan fingerprint density at radius 3 is 2.65 bits per heavy atom. The second-order valence-corrected chi connectivity index (χ2v) is 6.14. The number of hydrogen-bond donors (Lipinski definition) is 2.